The highest BCUT2D eigenvalue weighted by atomic mass is 19.3. The zero-order chi connectivity index (χ0) is 24.2. The first kappa shape index (κ1) is 23.5. The summed E-state index contributed by atoms with van der Waals surface area (Å²) in [5, 5.41) is 0. The number of piperazine rings is 1. The van der Waals surface area contributed by atoms with Gasteiger partial charge in [0.05, 0.1) is 16.6 Å². The molecule has 0 radical (unpaired) electrons. The minimum atomic E-state index is -3.03. The van der Waals surface area contributed by atoms with Crippen molar-refractivity contribution in [2.75, 3.05) is 26.2 Å². The number of hydrogen-bond acceptors (Lipinski definition) is 4. The average molecular weight is 472 g/mol. The minimum absolute atomic E-state index is 0.0641. The van der Waals surface area contributed by atoms with E-state index in [1.807, 2.05) is 31.2 Å². The second-order valence-corrected chi connectivity index (χ2v) is 7.96. The summed E-state index contributed by atoms with van der Waals surface area (Å²) in [6.45, 7) is 0.905. The lowest BCUT2D eigenvalue weighted by Gasteiger charge is -2.35. The molecule has 2 amide bonds. The molecule has 3 aromatic rings. The second-order valence-electron chi connectivity index (χ2n) is 7.96. The molecular weight excluding hydrogens is 446 g/mol. The predicted octanol–water partition coefficient (Wildman–Crippen LogP) is 2.80. The van der Waals surface area contributed by atoms with Gasteiger partial charge in [0.25, 0.3) is 5.91 Å². The maximum Gasteiger partial charge on any atom is 0.387 e. The molecule has 0 spiro atoms. The topological polar surface area (TPSA) is 76.8 Å². The van der Waals surface area contributed by atoms with Gasteiger partial charge in [0.2, 0.25) is 5.91 Å². The smallest absolute Gasteiger partial charge is 0.387 e. The summed E-state index contributed by atoms with van der Waals surface area (Å²) in [4.78, 5) is 41.6. The monoisotopic (exact) mass is 472 g/mol. The number of benzene rings is 2. The summed E-state index contributed by atoms with van der Waals surface area (Å²) in [7, 11) is 0. The van der Waals surface area contributed by atoms with E-state index in [0.717, 1.165) is 11.0 Å². The van der Waals surface area contributed by atoms with Crippen LogP contribution in [0, 0.1) is 0 Å². The first-order valence-electron chi connectivity index (χ1n) is 11.2. The number of hydrogen-bond donors (Lipinski definition) is 0. The predicted molar refractivity (Wildman–Crippen MR) is 122 cm³/mol. The molecule has 10 heteroatoms. The number of ether oxygens (including phenoxy) is 1. The third-order valence-electron chi connectivity index (χ3n) is 6.04. The van der Waals surface area contributed by atoms with Crippen molar-refractivity contribution in [3.63, 3.8) is 0 Å². The highest BCUT2D eigenvalue weighted by molar-refractivity contribution is 5.97. The van der Waals surface area contributed by atoms with E-state index >= 15 is 0 Å². The Balaban J connectivity index is 1.37. The Morgan fingerprint density at radius 1 is 0.912 bits per heavy atom. The molecule has 2 aromatic carbocycles. The fraction of sp³-hybridized carbons (Fsp3) is 0.375. The Kier molecular flexibility index (Phi) is 6.95. The molecule has 1 fully saturated rings. The van der Waals surface area contributed by atoms with Gasteiger partial charge in [-0.1, -0.05) is 24.3 Å². The maximum absolute atomic E-state index is 12.8. The molecule has 0 unspecified atom stereocenters. The number of aromatic nitrogens is 2. The molecule has 34 heavy (non-hydrogen) atoms. The van der Waals surface area contributed by atoms with Crippen LogP contribution < -0.4 is 10.4 Å². The Bertz CT molecular complexity index is 1250. The van der Waals surface area contributed by atoms with Gasteiger partial charge in [0, 0.05) is 45.7 Å². The van der Waals surface area contributed by atoms with Crippen molar-refractivity contribution in [1.29, 1.82) is 0 Å². The van der Waals surface area contributed by atoms with E-state index in [9.17, 15) is 23.2 Å². The van der Waals surface area contributed by atoms with E-state index in [2.05, 4.69) is 4.74 Å². The summed E-state index contributed by atoms with van der Waals surface area (Å²) < 4.78 is 33.1. The Labute approximate surface area is 194 Å². The van der Waals surface area contributed by atoms with Crippen molar-refractivity contribution in [2.45, 2.75) is 33.0 Å². The van der Waals surface area contributed by atoms with Gasteiger partial charge in [-0.15, -0.1) is 0 Å². The van der Waals surface area contributed by atoms with Crippen molar-refractivity contribution in [3.8, 4) is 5.75 Å². The quantitative estimate of drug-likeness (QED) is 0.530. The molecule has 0 saturated carbocycles. The molecule has 2 heterocycles. The van der Waals surface area contributed by atoms with Gasteiger partial charge < -0.3 is 14.5 Å². The van der Waals surface area contributed by atoms with Gasteiger partial charge in [0.1, 0.15) is 5.75 Å². The summed E-state index contributed by atoms with van der Waals surface area (Å²) in [5.41, 5.74) is 1.55. The van der Waals surface area contributed by atoms with Crippen molar-refractivity contribution in [1.82, 2.24) is 18.9 Å². The van der Waals surface area contributed by atoms with Crippen molar-refractivity contribution >= 4 is 22.8 Å². The van der Waals surface area contributed by atoms with Crippen LogP contribution in [0.4, 0.5) is 8.78 Å². The van der Waals surface area contributed by atoms with Gasteiger partial charge in [-0.3, -0.25) is 18.7 Å². The molecule has 1 saturated heterocycles. The Hall–Kier alpha value is -3.69. The minimum Gasteiger partial charge on any atom is -0.434 e. The Morgan fingerprint density at radius 2 is 1.50 bits per heavy atom. The highest BCUT2D eigenvalue weighted by Gasteiger charge is 2.27. The van der Waals surface area contributed by atoms with Crippen LogP contribution in [0.15, 0.2) is 53.3 Å². The third-order valence-corrected chi connectivity index (χ3v) is 6.04. The number of nitrogens with zero attached hydrogens (tertiary/aromatic N) is 4. The molecule has 1 aromatic heterocycles. The van der Waals surface area contributed by atoms with Crippen molar-refractivity contribution < 1.29 is 23.1 Å². The molecule has 0 N–H and O–H groups in total. The first-order valence-corrected chi connectivity index (χ1v) is 11.2. The highest BCUT2D eigenvalue weighted by Crippen LogP contribution is 2.22. The summed E-state index contributed by atoms with van der Waals surface area (Å²) in [5.74, 6) is -0.686. The molecule has 180 valence electrons. The Morgan fingerprint density at radius 3 is 2.15 bits per heavy atom. The number of carbonyl (C=O) groups is 2. The molecule has 0 atom stereocenters. The number of amides is 2. The van der Waals surface area contributed by atoms with Crippen LogP contribution in [0.1, 0.15) is 23.7 Å². The van der Waals surface area contributed by atoms with Gasteiger partial charge in [0.15, 0.2) is 0 Å². The lowest BCUT2D eigenvalue weighted by atomic mass is 10.1. The molecule has 0 aliphatic carbocycles. The van der Waals surface area contributed by atoms with Crippen LogP contribution in [-0.4, -0.2) is 63.5 Å². The lowest BCUT2D eigenvalue weighted by Crippen LogP contribution is -2.50. The van der Waals surface area contributed by atoms with Crippen LogP contribution in [0.25, 0.3) is 11.0 Å². The van der Waals surface area contributed by atoms with Crippen LogP contribution in [-0.2, 0) is 17.9 Å². The number of aryl methyl sites for hydroxylation is 2. The molecule has 1 aliphatic heterocycles. The largest absolute Gasteiger partial charge is 0.434 e. The first-order chi connectivity index (χ1) is 16.4. The van der Waals surface area contributed by atoms with Gasteiger partial charge in [-0.05, 0) is 31.2 Å². The summed E-state index contributed by atoms with van der Waals surface area (Å²) >= 11 is 0. The number of fused-ring (bicyclic) bond motifs is 1. The van der Waals surface area contributed by atoms with E-state index in [-0.39, 0.29) is 49.0 Å². The number of imidazole rings is 1. The van der Waals surface area contributed by atoms with Crippen LogP contribution in [0.3, 0.4) is 0 Å². The van der Waals surface area contributed by atoms with E-state index in [4.69, 9.17) is 0 Å². The van der Waals surface area contributed by atoms with Crippen LogP contribution in [0.5, 0.6) is 5.75 Å². The van der Waals surface area contributed by atoms with Gasteiger partial charge in [-0.25, -0.2) is 4.79 Å². The fourth-order valence-electron chi connectivity index (χ4n) is 4.33. The number of alkyl halides is 2. The third kappa shape index (κ3) is 4.66. The van der Waals surface area contributed by atoms with Crippen molar-refractivity contribution in [2.24, 2.45) is 0 Å². The van der Waals surface area contributed by atoms with Crippen molar-refractivity contribution in [3.05, 3.63) is 64.6 Å². The number of para-hydroxylation sites is 3. The van der Waals surface area contributed by atoms with Gasteiger partial charge >= 0.3 is 12.3 Å². The number of rotatable bonds is 7. The molecule has 4 rings (SSSR count). The SMILES string of the molecule is CCn1c(=O)n(CCC(=O)N2CCN(C(=O)c3ccccc3OC(F)F)CC2)c2ccccc21. The zero-order valence-corrected chi connectivity index (χ0v) is 18.8. The van der Waals surface area contributed by atoms with Gasteiger partial charge in [-0.2, -0.15) is 8.78 Å². The van der Waals surface area contributed by atoms with Crippen LogP contribution >= 0.6 is 0 Å². The molecule has 8 nitrogen and oxygen atoms in total. The van der Waals surface area contributed by atoms with E-state index in [0.29, 0.717) is 19.6 Å². The lowest BCUT2D eigenvalue weighted by molar-refractivity contribution is -0.132. The fourth-order valence-corrected chi connectivity index (χ4v) is 4.33. The normalized spacial score (nSPS) is 14.1. The molecule has 0 bridgehead atoms. The average Bonchev–Trinajstić information content (AvgIpc) is 3.12. The molecular formula is C24H26F2N4O4. The number of carbonyl (C=O) groups excluding carboxylic acids is 2. The molecule has 1 aliphatic rings. The standard InChI is InChI=1S/C24H26F2N4O4/c1-2-29-18-8-4-5-9-19(18)30(24(29)33)12-11-21(31)27-13-15-28(16-14-27)22(32)17-7-3-6-10-20(17)34-23(25)26/h3-10,23H,2,11-16H2,1H3. The van der Waals surface area contributed by atoms with E-state index in [1.165, 1.54) is 23.1 Å². The maximum atomic E-state index is 12.8. The summed E-state index contributed by atoms with van der Waals surface area (Å²) in [6.07, 6.45) is 0.163. The van der Waals surface area contributed by atoms with Crippen LogP contribution in [0.2, 0.25) is 0 Å². The van der Waals surface area contributed by atoms with E-state index < -0.39 is 12.5 Å². The zero-order valence-electron chi connectivity index (χ0n) is 18.8. The summed E-state index contributed by atoms with van der Waals surface area (Å²) in [6, 6.07) is 13.4. The second kappa shape index (κ2) is 10.1. The number of halogens is 2. The van der Waals surface area contributed by atoms with E-state index in [1.54, 1.807) is 20.1 Å².